The molecular weight excluding hydrogens is 242 g/mol. The Morgan fingerprint density at radius 1 is 1.11 bits per heavy atom. The zero-order chi connectivity index (χ0) is 14.5. The number of ether oxygens (including phenoxy) is 2. The predicted octanol–water partition coefficient (Wildman–Crippen LogP) is 1.66. The molecule has 2 fully saturated rings. The van der Waals surface area contributed by atoms with Crippen LogP contribution in [-0.2, 0) is 9.47 Å². The first-order valence-electron chi connectivity index (χ1n) is 7.27. The molecule has 112 valence electrons. The van der Waals surface area contributed by atoms with Crippen molar-refractivity contribution in [3.63, 3.8) is 0 Å². The second-order valence-corrected chi connectivity index (χ2v) is 7.67. The second-order valence-electron chi connectivity index (χ2n) is 7.67. The van der Waals surface area contributed by atoms with Crippen LogP contribution in [0.15, 0.2) is 0 Å². The first kappa shape index (κ1) is 15.2. The Balaban J connectivity index is 2.13. The van der Waals surface area contributed by atoms with Crippen molar-refractivity contribution in [1.29, 1.82) is 0 Å². The number of aliphatic hydroxyl groups is 1. The van der Waals surface area contributed by atoms with Crippen LogP contribution < -0.4 is 0 Å². The van der Waals surface area contributed by atoms with Crippen LogP contribution >= 0.6 is 0 Å². The molecule has 4 nitrogen and oxygen atoms in total. The molecule has 2 aliphatic heterocycles. The molecule has 0 spiro atoms. The molecule has 2 unspecified atom stereocenters. The van der Waals surface area contributed by atoms with E-state index in [1.807, 2.05) is 13.8 Å². The van der Waals surface area contributed by atoms with Gasteiger partial charge >= 0.3 is 0 Å². The largest absolute Gasteiger partial charge is 0.390 e. The minimum Gasteiger partial charge on any atom is -0.390 e. The van der Waals surface area contributed by atoms with E-state index in [2.05, 4.69) is 32.6 Å². The first-order valence-corrected chi connectivity index (χ1v) is 7.27. The predicted molar refractivity (Wildman–Crippen MR) is 75.2 cm³/mol. The Hall–Kier alpha value is -0.160. The highest BCUT2D eigenvalue weighted by Crippen LogP contribution is 2.43. The monoisotopic (exact) mass is 271 g/mol. The van der Waals surface area contributed by atoms with Crippen molar-refractivity contribution < 1.29 is 14.6 Å². The van der Waals surface area contributed by atoms with Gasteiger partial charge in [0, 0.05) is 24.5 Å². The van der Waals surface area contributed by atoms with E-state index in [1.54, 1.807) is 0 Å². The highest BCUT2D eigenvalue weighted by Gasteiger charge is 2.54. The maximum absolute atomic E-state index is 10.6. The fourth-order valence-electron chi connectivity index (χ4n) is 3.46. The Bertz CT molecular complexity index is 338. The zero-order valence-corrected chi connectivity index (χ0v) is 13.2. The van der Waals surface area contributed by atoms with Crippen LogP contribution in [0.2, 0.25) is 0 Å². The lowest BCUT2D eigenvalue weighted by Gasteiger charge is -2.45. The average Bonchev–Trinajstić information content (AvgIpc) is 2.38. The molecule has 1 N–H and O–H groups in total. The van der Waals surface area contributed by atoms with E-state index < -0.39 is 11.7 Å². The van der Waals surface area contributed by atoms with Crippen molar-refractivity contribution in [2.45, 2.75) is 64.4 Å². The van der Waals surface area contributed by atoms with Crippen LogP contribution in [0.5, 0.6) is 0 Å². The Morgan fingerprint density at radius 3 is 2.21 bits per heavy atom. The molecule has 0 saturated carbocycles. The third kappa shape index (κ3) is 2.82. The second kappa shape index (κ2) is 4.69. The summed E-state index contributed by atoms with van der Waals surface area (Å²) in [6, 6.07) is 0. The minimum atomic E-state index is -0.468. The van der Waals surface area contributed by atoms with Gasteiger partial charge in [-0.25, -0.2) is 0 Å². The standard InChI is InChI=1S/C15H29NO3/c1-13(2)10-18-8-7-16(13)9-11-12(17)15(5,6)19-14(11,3)4/h11-12,17H,7-10H2,1-6H3. The average molecular weight is 271 g/mol. The molecule has 4 heteroatoms. The molecule has 0 bridgehead atoms. The number of morpholine rings is 1. The molecule has 19 heavy (non-hydrogen) atoms. The summed E-state index contributed by atoms with van der Waals surface area (Å²) >= 11 is 0. The van der Waals surface area contributed by atoms with Crippen LogP contribution in [0.1, 0.15) is 41.5 Å². The SMILES string of the molecule is CC1(C)OC(C)(C)C(CN2CCOCC2(C)C)C1O. The van der Waals surface area contributed by atoms with Crippen molar-refractivity contribution in [3.8, 4) is 0 Å². The van der Waals surface area contributed by atoms with Crippen LogP contribution in [0.3, 0.4) is 0 Å². The molecule has 0 aliphatic carbocycles. The summed E-state index contributed by atoms with van der Waals surface area (Å²) in [6.45, 7) is 15.8. The Labute approximate surface area is 117 Å². The topological polar surface area (TPSA) is 41.9 Å². The third-order valence-corrected chi connectivity index (χ3v) is 4.75. The molecule has 0 amide bonds. The molecule has 2 saturated heterocycles. The highest BCUT2D eigenvalue weighted by atomic mass is 16.5. The summed E-state index contributed by atoms with van der Waals surface area (Å²) in [5, 5.41) is 10.6. The summed E-state index contributed by atoms with van der Waals surface area (Å²) in [5.41, 5.74) is -0.733. The number of nitrogens with zero attached hydrogens (tertiary/aromatic N) is 1. The lowest BCUT2D eigenvalue weighted by Crippen LogP contribution is -2.56. The molecule has 2 rings (SSSR count). The Kier molecular flexibility index (Phi) is 3.76. The third-order valence-electron chi connectivity index (χ3n) is 4.75. The van der Waals surface area contributed by atoms with E-state index in [1.165, 1.54) is 0 Å². The van der Waals surface area contributed by atoms with Crippen molar-refractivity contribution in [2.75, 3.05) is 26.3 Å². The van der Waals surface area contributed by atoms with Crippen LogP contribution in [0.4, 0.5) is 0 Å². The smallest absolute Gasteiger partial charge is 0.0896 e. The van der Waals surface area contributed by atoms with E-state index in [9.17, 15) is 5.11 Å². The summed E-state index contributed by atoms with van der Waals surface area (Å²) < 4.78 is 11.6. The lowest BCUT2D eigenvalue weighted by molar-refractivity contribution is -0.0956. The zero-order valence-electron chi connectivity index (χ0n) is 13.2. The summed E-state index contributed by atoms with van der Waals surface area (Å²) in [5.74, 6) is 0.125. The van der Waals surface area contributed by atoms with Gasteiger partial charge in [-0.2, -0.15) is 0 Å². The van der Waals surface area contributed by atoms with Crippen molar-refractivity contribution in [2.24, 2.45) is 5.92 Å². The van der Waals surface area contributed by atoms with E-state index in [4.69, 9.17) is 9.47 Å². The number of aliphatic hydroxyl groups excluding tert-OH is 1. The van der Waals surface area contributed by atoms with Gasteiger partial charge in [0.05, 0.1) is 30.5 Å². The van der Waals surface area contributed by atoms with Gasteiger partial charge in [-0.1, -0.05) is 0 Å². The minimum absolute atomic E-state index is 0.0286. The highest BCUT2D eigenvalue weighted by molar-refractivity contribution is 5.03. The van der Waals surface area contributed by atoms with E-state index in [-0.39, 0.29) is 17.1 Å². The maximum Gasteiger partial charge on any atom is 0.0896 e. The quantitative estimate of drug-likeness (QED) is 0.829. The fraction of sp³-hybridized carbons (Fsp3) is 1.00. The van der Waals surface area contributed by atoms with Crippen molar-refractivity contribution in [1.82, 2.24) is 4.90 Å². The molecule has 0 radical (unpaired) electrons. The summed E-state index contributed by atoms with van der Waals surface area (Å²) in [4.78, 5) is 2.43. The molecule has 2 aliphatic rings. The van der Waals surface area contributed by atoms with E-state index >= 15 is 0 Å². The molecule has 0 aromatic heterocycles. The van der Waals surface area contributed by atoms with Gasteiger partial charge in [-0.05, 0) is 41.5 Å². The maximum atomic E-state index is 10.6. The van der Waals surface area contributed by atoms with E-state index in [0.717, 1.165) is 26.3 Å². The van der Waals surface area contributed by atoms with Gasteiger partial charge in [0.2, 0.25) is 0 Å². The van der Waals surface area contributed by atoms with E-state index in [0.29, 0.717) is 0 Å². The number of hydrogen-bond donors (Lipinski definition) is 1. The van der Waals surface area contributed by atoms with Gasteiger partial charge in [-0.3, -0.25) is 4.90 Å². The normalized spacial score (nSPS) is 37.4. The van der Waals surface area contributed by atoms with Crippen molar-refractivity contribution in [3.05, 3.63) is 0 Å². The number of hydrogen-bond acceptors (Lipinski definition) is 4. The van der Waals surface area contributed by atoms with Gasteiger partial charge in [-0.15, -0.1) is 0 Å². The molecule has 2 atom stereocenters. The van der Waals surface area contributed by atoms with Crippen molar-refractivity contribution >= 4 is 0 Å². The summed E-state index contributed by atoms with van der Waals surface area (Å²) in [7, 11) is 0. The van der Waals surface area contributed by atoms with Gasteiger partial charge in [0.25, 0.3) is 0 Å². The molecule has 2 heterocycles. The molecule has 0 aromatic rings. The Morgan fingerprint density at radius 2 is 1.74 bits per heavy atom. The van der Waals surface area contributed by atoms with Gasteiger partial charge < -0.3 is 14.6 Å². The first-order chi connectivity index (χ1) is 8.56. The number of rotatable bonds is 2. The lowest BCUT2D eigenvalue weighted by atomic mass is 9.83. The molecule has 0 aromatic carbocycles. The molecular formula is C15H29NO3. The fourth-order valence-corrected chi connectivity index (χ4v) is 3.46. The van der Waals surface area contributed by atoms with Gasteiger partial charge in [0.1, 0.15) is 0 Å². The van der Waals surface area contributed by atoms with Crippen LogP contribution in [0.25, 0.3) is 0 Å². The van der Waals surface area contributed by atoms with Gasteiger partial charge in [0.15, 0.2) is 0 Å². The summed E-state index contributed by atoms with van der Waals surface area (Å²) in [6.07, 6.45) is -0.429. The van der Waals surface area contributed by atoms with Crippen LogP contribution in [0, 0.1) is 5.92 Å². The van der Waals surface area contributed by atoms with Crippen LogP contribution in [-0.4, -0.2) is 59.2 Å².